The van der Waals surface area contributed by atoms with E-state index in [0.29, 0.717) is 0 Å². The number of halogens is 1. The van der Waals surface area contributed by atoms with Crippen molar-refractivity contribution in [3.63, 3.8) is 0 Å². The highest BCUT2D eigenvalue weighted by molar-refractivity contribution is 9.10. The molecule has 2 nitrogen and oxygen atoms in total. The van der Waals surface area contributed by atoms with Crippen molar-refractivity contribution >= 4 is 27.5 Å². The van der Waals surface area contributed by atoms with Crippen LogP contribution in [0.25, 0.3) is 0 Å². The summed E-state index contributed by atoms with van der Waals surface area (Å²) in [4.78, 5) is 22.5. The predicted molar refractivity (Wildman–Crippen MR) is 50.3 cm³/mol. The van der Waals surface area contributed by atoms with Crippen molar-refractivity contribution in [3.8, 4) is 0 Å². The molecule has 0 spiro atoms. The van der Waals surface area contributed by atoms with Gasteiger partial charge in [-0.1, -0.05) is 43.6 Å². The highest BCUT2D eigenvalue weighted by atomic mass is 79.9. The fourth-order valence-corrected chi connectivity index (χ4v) is 2.14. The van der Waals surface area contributed by atoms with Gasteiger partial charge in [0.1, 0.15) is 0 Å². The highest BCUT2D eigenvalue weighted by Gasteiger charge is 2.59. The number of alkyl halides is 1. The summed E-state index contributed by atoms with van der Waals surface area (Å²) in [5.41, 5.74) is -0.834. The molecule has 0 N–H and O–H groups in total. The van der Waals surface area contributed by atoms with Gasteiger partial charge in [0.2, 0.25) is 11.6 Å². The molecule has 68 valence electrons. The summed E-state index contributed by atoms with van der Waals surface area (Å²) < 4.78 is 0. The average molecular weight is 233 g/mol. The van der Waals surface area contributed by atoms with Gasteiger partial charge in [0, 0.05) is 5.41 Å². The van der Waals surface area contributed by atoms with Crippen LogP contribution in [0.15, 0.2) is 0 Å². The monoisotopic (exact) mass is 232 g/mol. The first-order chi connectivity index (χ1) is 5.23. The highest BCUT2D eigenvalue weighted by Crippen LogP contribution is 2.50. The molecule has 1 aliphatic rings. The van der Waals surface area contributed by atoms with E-state index < -0.39 is 5.41 Å². The summed E-state index contributed by atoms with van der Waals surface area (Å²) in [6, 6.07) is 0. The Kier molecular flexibility index (Phi) is 1.99. The standard InChI is InChI=1S/C9H13BrO2/c1-8(2)6(10)5(11)7(12)9(8,3)4/h6H,1-4H3. The maximum atomic E-state index is 11.5. The summed E-state index contributed by atoms with van der Waals surface area (Å²) in [6.07, 6.45) is 0. The lowest BCUT2D eigenvalue weighted by Crippen LogP contribution is -2.35. The molecule has 3 heteroatoms. The second-order valence-corrected chi connectivity index (χ2v) is 5.32. The quantitative estimate of drug-likeness (QED) is 0.473. The smallest absolute Gasteiger partial charge is 0.213 e. The van der Waals surface area contributed by atoms with Gasteiger partial charge in [-0.05, 0) is 5.41 Å². The normalized spacial score (nSPS) is 32.6. The van der Waals surface area contributed by atoms with Crippen LogP contribution in [0.4, 0.5) is 0 Å². The van der Waals surface area contributed by atoms with Crippen LogP contribution in [0.3, 0.4) is 0 Å². The van der Waals surface area contributed by atoms with Crippen molar-refractivity contribution < 1.29 is 9.59 Å². The minimum absolute atomic E-state index is 0.255. The third-order valence-electron chi connectivity index (χ3n) is 3.27. The zero-order valence-electron chi connectivity index (χ0n) is 7.77. The molecule has 12 heavy (non-hydrogen) atoms. The van der Waals surface area contributed by atoms with Crippen molar-refractivity contribution in [1.29, 1.82) is 0 Å². The van der Waals surface area contributed by atoms with E-state index >= 15 is 0 Å². The van der Waals surface area contributed by atoms with Crippen LogP contribution in [-0.4, -0.2) is 16.4 Å². The van der Waals surface area contributed by atoms with Crippen LogP contribution in [0, 0.1) is 10.8 Å². The maximum absolute atomic E-state index is 11.5. The molecule has 0 radical (unpaired) electrons. The van der Waals surface area contributed by atoms with E-state index in [9.17, 15) is 9.59 Å². The van der Waals surface area contributed by atoms with Gasteiger partial charge in [0.15, 0.2) is 0 Å². The van der Waals surface area contributed by atoms with Crippen molar-refractivity contribution in [2.45, 2.75) is 32.5 Å². The summed E-state index contributed by atoms with van der Waals surface area (Å²) >= 11 is 3.27. The fourth-order valence-electron chi connectivity index (χ4n) is 1.36. The lowest BCUT2D eigenvalue weighted by Gasteiger charge is -2.33. The van der Waals surface area contributed by atoms with E-state index in [4.69, 9.17) is 0 Å². The summed E-state index contributed by atoms with van der Waals surface area (Å²) in [5, 5.41) is 0. The molecule has 0 aromatic carbocycles. The van der Waals surface area contributed by atoms with Gasteiger partial charge in [-0.25, -0.2) is 0 Å². The van der Waals surface area contributed by atoms with Crippen LogP contribution in [0.5, 0.6) is 0 Å². The number of carbonyl (C=O) groups is 2. The average Bonchev–Trinajstić information content (AvgIpc) is 2.05. The maximum Gasteiger partial charge on any atom is 0.213 e. The van der Waals surface area contributed by atoms with Gasteiger partial charge >= 0.3 is 0 Å². The number of hydrogen-bond acceptors (Lipinski definition) is 2. The van der Waals surface area contributed by atoms with Gasteiger partial charge in [-0.15, -0.1) is 0 Å². The number of carbonyl (C=O) groups excluding carboxylic acids is 2. The van der Waals surface area contributed by atoms with Gasteiger partial charge in [-0.2, -0.15) is 0 Å². The summed E-state index contributed by atoms with van der Waals surface area (Å²) in [7, 11) is 0. The molecule has 0 aliphatic heterocycles. The van der Waals surface area contributed by atoms with E-state index in [1.807, 2.05) is 27.7 Å². The zero-order chi connectivity index (χ0) is 9.73. The lowest BCUT2D eigenvalue weighted by atomic mass is 9.70. The number of Topliss-reactive ketones (excluding diaryl/α,β-unsaturated/α-hetero) is 2. The largest absolute Gasteiger partial charge is 0.290 e. The molecule has 1 atom stereocenters. The molecule has 0 amide bonds. The minimum Gasteiger partial charge on any atom is -0.290 e. The molecule has 1 saturated carbocycles. The van der Waals surface area contributed by atoms with Crippen molar-refractivity contribution in [3.05, 3.63) is 0 Å². The van der Waals surface area contributed by atoms with Crippen LogP contribution >= 0.6 is 15.9 Å². The molecule has 1 aliphatic carbocycles. The van der Waals surface area contributed by atoms with Crippen LogP contribution < -0.4 is 0 Å². The Morgan fingerprint density at radius 3 is 1.67 bits per heavy atom. The van der Waals surface area contributed by atoms with Gasteiger partial charge in [0.25, 0.3) is 0 Å². The first-order valence-corrected chi connectivity index (χ1v) is 4.87. The molecule has 0 heterocycles. The van der Waals surface area contributed by atoms with E-state index in [2.05, 4.69) is 15.9 Å². The number of rotatable bonds is 0. The van der Waals surface area contributed by atoms with Crippen molar-refractivity contribution in [2.75, 3.05) is 0 Å². The van der Waals surface area contributed by atoms with E-state index in [-0.39, 0.29) is 21.8 Å². The van der Waals surface area contributed by atoms with Gasteiger partial charge < -0.3 is 0 Å². The molecule has 1 fully saturated rings. The topological polar surface area (TPSA) is 34.1 Å². The molecular weight excluding hydrogens is 220 g/mol. The van der Waals surface area contributed by atoms with E-state index in [1.165, 1.54) is 0 Å². The zero-order valence-corrected chi connectivity index (χ0v) is 9.36. The van der Waals surface area contributed by atoms with Gasteiger partial charge in [0.05, 0.1) is 4.83 Å². The Balaban J connectivity index is 3.24. The van der Waals surface area contributed by atoms with Gasteiger partial charge in [-0.3, -0.25) is 9.59 Å². The van der Waals surface area contributed by atoms with Crippen LogP contribution in [0.1, 0.15) is 27.7 Å². The molecule has 0 aromatic rings. The Bertz CT molecular complexity index is 253. The first-order valence-electron chi connectivity index (χ1n) is 3.95. The Morgan fingerprint density at radius 2 is 1.58 bits per heavy atom. The number of hydrogen-bond donors (Lipinski definition) is 0. The predicted octanol–water partition coefficient (Wildman–Crippen LogP) is 1.95. The summed E-state index contributed by atoms with van der Waals surface area (Å²) in [6.45, 7) is 7.54. The number of ketones is 2. The third-order valence-corrected chi connectivity index (χ3v) is 4.83. The van der Waals surface area contributed by atoms with E-state index in [0.717, 1.165) is 0 Å². The molecule has 1 unspecified atom stereocenters. The molecule has 0 bridgehead atoms. The first kappa shape index (κ1) is 9.90. The molecule has 1 rings (SSSR count). The second-order valence-electron chi connectivity index (χ2n) is 4.40. The van der Waals surface area contributed by atoms with E-state index in [1.54, 1.807) is 0 Å². The molecular formula is C9H13BrO2. The fraction of sp³-hybridized carbons (Fsp3) is 0.778. The Morgan fingerprint density at radius 1 is 1.17 bits per heavy atom. The minimum atomic E-state index is -0.543. The van der Waals surface area contributed by atoms with Crippen LogP contribution in [0.2, 0.25) is 0 Å². The molecule has 0 aromatic heterocycles. The lowest BCUT2D eigenvalue weighted by molar-refractivity contribution is -0.138. The van der Waals surface area contributed by atoms with Crippen molar-refractivity contribution in [2.24, 2.45) is 10.8 Å². The van der Waals surface area contributed by atoms with Crippen LogP contribution in [-0.2, 0) is 9.59 Å². The Labute approximate surface area is 80.8 Å². The Hall–Kier alpha value is -0.180. The SMILES string of the molecule is CC1(C)C(=O)C(=O)C(Br)C1(C)C. The summed E-state index contributed by atoms with van der Waals surface area (Å²) in [5.74, 6) is -0.542. The second kappa shape index (κ2) is 2.41. The molecule has 0 saturated heterocycles. The third kappa shape index (κ3) is 0.920. The van der Waals surface area contributed by atoms with Crippen molar-refractivity contribution in [1.82, 2.24) is 0 Å².